The van der Waals surface area contributed by atoms with Crippen molar-refractivity contribution in [1.29, 1.82) is 5.26 Å². The molecule has 2 heterocycles. The first kappa shape index (κ1) is 12.1. The summed E-state index contributed by atoms with van der Waals surface area (Å²) in [5.41, 5.74) is 2.91. The molecule has 0 fully saturated rings. The Morgan fingerprint density at radius 1 is 1.28 bits per heavy atom. The van der Waals surface area contributed by atoms with Gasteiger partial charge in [0.25, 0.3) is 0 Å². The van der Waals surface area contributed by atoms with Gasteiger partial charge in [0, 0.05) is 12.7 Å². The molecule has 2 aromatic heterocycles. The van der Waals surface area contributed by atoms with Gasteiger partial charge in [0.05, 0.1) is 5.69 Å². The number of nitrogens with zero attached hydrogens (tertiary/aromatic N) is 4. The summed E-state index contributed by atoms with van der Waals surface area (Å²) < 4.78 is 7.49. The first-order valence-corrected chi connectivity index (χ1v) is 5.58. The van der Waals surface area contributed by atoms with E-state index in [0.29, 0.717) is 17.2 Å². The van der Waals surface area contributed by atoms with Crippen molar-refractivity contribution in [2.45, 2.75) is 20.8 Å². The number of pyridine rings is 1. The zero-order chi connectivity index (χ0) is 13.3. The van der Waals surface area contributed by atoms with Crippen LogP contribution < -0.4 is 4.74 Å². The maximum absolute atomic E-state index is 9.04. The van der Waals surface area contributed by atoms with Crippen LogP contribution in [0.15, 0.2) is 12.1 Å². The summed E-state index contributed by atoms with van der Waals surface area (Å²) in [7, 11) is 1.85. The largest absolute Gasteiger partial charge is 0.434 e. The Morgan fingerprint density at radius 3 is 2.56 bits per heavy atom. The lowest BCUT2D eigenvalue weighted by molar-refractivity contribution is 0.452. The van der Waals surface area contributed by atoms with Gasteiger partial charge in [-0.2, -0.15) is 10.4 Å². The fourth-order valence-corrected chi connectivity index (χ4v) is 1.69. The molecule has 0 aliphatic carbocycles. The maximum Gasteiger partial charge on any atom is 0.237 e. The molecule has 92 valence electrons. The molecular weight excluding hydrogens is 228 g/mol. The van der Waals surface area contributed by atoms with Crippen molar-refractivity contribution < 1.29 is 4.74 Å². The van der Waals surface area contributed by atoms with Crippen LogP contribution in [0.1, 0.15) is 22.6 Å². The summed E-state index contributed by atoms with van der Waals surface area (Å²) in [6, 6.07) is 5.57. The molecule has 5 heteroatoms. The lowest BCUT2D eigenvalue weighted by Crippen LogP contribution is -1.96. The molecule has 0 aromatic carbocycles. The van der Waals surface area contributed by atoms with Crippen LogP contribution in [-0.4, -0.2) is 14.8 Å². The molecule has 0 bridgehead atoms. The molecule has 0 aliphatic rings. The fourth-order valence-electron chi connectivity index (χ4n) is 1.69. The van der Waals surface area contributed by atoms with E-state index in [9.17, 15) is 0 Å². The number of aromatic nitrogens is 3. The molecule has 0 unspecified atom stereocenters. The van der Waals surface area contributed by atoms with E-state index in [1.165, 1.54) is 0 Å². The zero-order valence-electron chi connectivity index (χ0n) is 10.9. The second-order valence-electron chi connectivity index (χ2n) is 4.14. The van der Waals surface area contributed by atoms with Gasteiger partial charge in [-0.15, -0.1) is 0 Å². The van der Waals surface area contributed by atoms with Crippen molar-refractivity contribution in [1.82, 2.24) is 14.8 Å². The second-order valence-corrected chi connectivity index (χ2v) is 4.14. The van der Waals surface area contributed by atoms with Crippen molar-refractivity contribution in [3.63, 3.8) is 0 Å². The Bertz CT molecular complexity index is 637. The van der Waals surface area contributed by atoms with E-state index in [1.54, 1.807) is 16.8 Å². The molecule has 0 spiro atoms. The minimum atomic E-state index is 0.330. The second kappa shape index (κ2) is 4.49. The molecule has 18 heavy (non-hydrogen) atoms. The number of hydrogen-bond acceptors (Lipinski definition) is 4. The number of hydrogen-bond donors (Lipinski definition) is 0. The quantitative estimate of drug-likeness (QED) is 0.811. The minimum Gasteiger partial charge on any atom is -0.434 e. The van der Waals surface area contributed by atoms with Gasteiger partial charge >= 0.3 is 0 Å². The molecule has 2 rings (SSSR count). The third kappa shape index (κ3) is 2.05. The predicted octanol–water partition coefficient (Wildman–Crippen LogP) is 2.40. The molecule has 0 radical (unpaired) electrons. The van der Waals surface area contributed by atoms with E-state index in [1.807, 2.05) is 27.8 Å². The van der Waals surface area contributed by atoms with Gasteiger partial charge in [-0.1, -0.05) is 0 Å². The van der Waals surface area contributed by atoms with Gasteiger partial charge in [0.15, 0.2) is 5.75 Å². The summed E-state index contributed by atoms with van der Waals surface area (Å²) in [5.74, 6) is 0.990. The Hall–Kier alpha value is -2.35. The fraction of sp³-hybridized carbons (Fsp3) is 0.308. The molecule has 5 nitrogen and oxygen atoms in total. The van der Waals surface area contributed by atoms with Crippen LogP contribution >= 0.6 is 0 Å². The molecule has 0 amide bonds. The Balaban J connectivity index is 2.46. The molecule has 0 aliphatic heterocycles. The van der Waals surface area contributed by atoms with E-state index >= 15 is 0 Å². The Kier molecular flexibility index (Phi) is 3.02. The summed E-state index contributed by atoms with van der Waals surface area (Å²) in [6.45, 7) is 5.64. The molecule has 0 saturated carbocycles. The van der Waals surface area contributed by atoms with Crippen LogP contribution in [0.2, 0.25) is 0 Å². The highest BCUT2D eigenvalue weighted by atomic mass is 16.5. The van der Waals surface area contributed by atoms with Crippen LogP contribution in [0.5, 0.6) is 11.6 Å². The highest BCUT2D eigenvalue weighted by Crippen LogP contribution is 2.28. The average Bonchev–Trinajstić information content (AvgIpc) is 2.56. The van der Waals surface area contributed by atoms with Crippen LogP contribution in [0, 0.1) is 32.1 Å². The van der Waals surface area contributed by atoms with Crippen molar-refractivity contribution >= 4 is 0 Å². The maximum atomic E-state index is 9.04. The summed E-state index contributed by atoms with van der Waals surface area (Å²) in [4.78, 5) is 4.25. The normalized spacial score (nSPS) is 10.2. The van der Waals surface area contributed by atoms with E-state index in [0.717, 1.165) is 17.1 Å². The van der Waals surface area contributed by atoms with E-state index in [2.05, 4.69) is 16.2 Å². The minimum absolute atomic E-state index is 0.330. The highest BCUT2D eigenvalue weighted by molar-refractivity contribution is 5.43. The molecule has 0 N–H and O–H groups in total. The number of ether oxygens (including phenoxy) is 1. The van der Waals surface area contributed by atoms with Gasteiger partial charge in [-0.3, -0.25) is 4.68 Å². The number of aryl methyl sites for hydroxylation is 3. The number of nitriles is 1. The molecular formula is C13H14N4O. The van der Waals surface area contributed by atoms with Crippen LogP contribution in [0.4, 0.5) is 0 Å². The van der Waals surface area contributed by atoms with Crippen LogP contribution in [-0.2, 0) is 7.05 Å². The third-order valence-electron chi connectivity index (χ3n) is 2.76. The third-order valence-corrected chi connectivity index (χ3v) is 2.76. The lowest BCUT2D eigenvalue weighted by Gasteiger charge is -2.07. The van der Waals surface area contributed by atoms with Crippen molar-refractivity contribution in [3.8, 4) is 17.7 Å². The Morgan fingerprint density at radius 2 is 2.00 bits per heavy atom. The molecule has 0 saturated heterocycles. The van der Waals surface area contributed by atoms with Gasteiger partial charge in [0.1, 0.15) is 17.3 Å². The first-order valence-electron chi connectivity index (χ1n) is 5.58. The van der Waals surface area contributed by atoms with Gasteiger partial charge in [-0.05, 0) is 32.9 Å². The van der Waals surface area contributed by atoms with Crippen LogP contribution in [0.3, 0.4) is 0 Å². The Labute approximate surface area is 106 Å². The van der Waals surface area contributed by atoms with Crippen LogP contribution in [0.25, 0.3) is 0 Å². The number of rotatable bonds is 2. The van der Waals surface area contributed by atoms with E-state index in [4.69, 9.17) is 10.00 Å². The summed E-state index contributed by atoms with van der Waals surface area (Å²) in [5, 5.41) is 13.3. The average molecular weight is 242 g/mol. The zero-order valence-corrected chi connectivity index (χ0v) is 10.9. The van der Waals surface area contributed by atoms with Crippen molar-refractivity contribution in [3.05, 3.63) is 34.8 Å². The summed E-state index contributed by atoms with van der Waals surface area (Å²) in [6.07, 6.45) is 0. The smallest absolute Gasteiger partial charge is 0.237 e. The standard InChI is InChI=1S/C13H14N4O/c1-8-5-6-11(7-14)13(15-8)18-12-9(2)16-17(4)10(12)3/h5-6H,1-4H3. The molecule has 2 aromatic rings. The van der Waals surface area contributed by atoms with Gasteiger partial charge in [-0.25, -0.2) is 4.98 Å². The summed E-state index contributed by atoms with van der Waals surface area (Å²) >= 11 is 0. The monoisotopic (exact) mass is 242 g/mol. The predicted molar refractivity (Wildman–Crippen MR) is 66.4 cm³/mol. The van der Waals surface area contributed by atoms with Crippen molar-refractivity contribution in [2.75, 3.05) is 0 Å². The lowest BCUT2D eigenvalue weighted by atomic mass is 10.2. The molecule has 0 atom stereocenters. The van der Waals surface area contributed by atoms with E-state index in [-0.39, 0.29) is 0 Å². The van der Waals surface area contributed by atoms with Gasteiger partial charge < -0.3 is 4.74 Å². The van der Waals surface area contributed by atoms with E-state index < -0.39 is 0 Å². The SMILES string of the molecule is Cc1ccc(C#N)c(Oc2c(C)nn(C)c2C)n1. The topological polar surface area (TPSA) is 63.7 Å². The highest BCUT2D eigenvalue weighted by Gasteiger charge is 2.14. The van der Waals surface area contributed by atoms with Crippen molar-refractivity contribution in [2.24, 2.45) is 7.05 Å². The van der Waals surface area contributed by atoms with Gasteiger partial charge in [0.2, 0.25) is 5.88 Å². The first-order chi connectivity index (χ1) is 8.52.